The zero-order valence-electron chi connectivity index (χ0n) is 16.4. The summed E-state index contributed by atoms with van der Waals surface area (Å²) in [6, 6.07) is 6.84. The maximum Gasteiger partial charge on any atom is 0.414 e. The Bertz CT molecular complexity index is 613. The van der Waals surface area contributed by atoms with Crippen molar-refractivity contribution in [2.75, 3.05) is 33.7 Å². The van der Waals surface area contributed by atoms with E-state index in [1.54, 1.807) is 14.1 Å². The molecule has 1 amide bonds. The number of rotatable bonds is 6. The number of nitrogens with two attached hydrogens (primary N) is 1. The molecule has 1 aliphatic heterocycles. The van der Waals surface area contributed by atoms with Gasteiger partial charge in [0.25, 0.3) is 0 Å². The van der Waals surface area contributed by atoms with Crippen LogP contribution in [-0.2, 0) is 6.42 Å². The molecule has 1 heterocycles. The Morgan fingerprint density at radius 2 is 2.00 bits per heavy atom. The van der Waals surface area contributed by atoms with E-state index in [1.165, 1.54) is 48.4 Å². The number of hydrogen-bond donors (Lipinski definition) is 1. The summed E-state index contributed by atoms with van der Waals surface area (Å²) >= 11 is 0. The predicted molar refractivity (Wildman–Crippen MR) is 115 cm³/mol. The molecule has 1 aromatic carbocycles. The van der Waals surface area contributed by atoms with Crippen molar-refractivity contribution in [3.05, 3.63) is 29.3 Å². The topological polar surface area (TPSA) is 58.8 Å². The standard InChI is InChI=1S/C20H31N3O2.2ClH/c1-22(2)20(24)25-19-8-6-7-15-16-11-14-23(13-5-3-4-12-21)18(16)10-9-17(15)19;;/h6-8,16,18H,3-5,9-14,21H2,1-2H3;2*1H. The second-order valence-corrected chi connectivity index (χ2v) is 7.47. The van der Waals surface area contributed by atoms with Crippen molar-refractivity contribution in [1.29, 1.82) is 0 Å². The number of carbonyl (C=O) groups is 1. The summed E-state index contributed by atoms with van der Waals surface area (Å²) in [4.78, 5) is 16.1. The van der Waals surface area contributed by atoms with Gasteiger partial charge in [-0.15, -0.1) is 24.8 Å². The lowest BCUT2D eigenvalue weighted by molar-refractivity contribution is 0.170. The number of nitrogens with zero attached hydrogens (tertiary/aromatic N) is 2. The van der Waals surface area contributed by atoms with Crippen LogP contribution >= 0.6 is 24.8 Å². The van der Waals surface area contributed by atoms with E-state index < -0.39 is 0 Å². The Labute approximate surface area is 175 Å². The third-order valence-electron chi connectivity index (χ3n) is 5.63. The number of likely N-dealkylation sites (tertiary alicyclic amines) is 1. The van der Waals surface area contributed by atoms with Gasteiger partial charge in [-0.3, -0.25) is 4.90 Å². The molecule has 3 rings (SSSR count). The van der Waals surface area contributed by atoms with Gasteiger partial charge < -0.3 is 15.4 Å². The van der Waals surface area contributed by atoms with Gasteiger partial charge in [0.2, 0.25) is 0 Å². The molecule has 0 radical (unpaired) electrons. The fraction of sp³-hybridized carbons (Fsp3) is 0.650. The van der Waals surface area contributed by atoms with Gasteiger partial charge in [-0.05, 0) is 68.9 Å². The van der Waals surface area contributed by atoms with Gasteiger partial charge in [0, 0.05) is 26.1 Å². The van der Waals surface area contributed by atoms with E-state index in [0.717, 1.165) is 31.6 Å². The molecular weight excluding hydrogens is 385 g/mol. The van der Waals surface area contributed by atoms with Gasteiger partial charge in [0.15, 0.2) is 0 Å². The quantitative estimate of drug-likeness (QED) is 0.714. The smallest absolute Gasteiger partial charge is 0.410 e. The number of carbonyl (C=O) groups excluding carboxylic acids is 1. The summed E-state index contributed by atoms with van der Waals surface area (Å²) in [5.74, 6) is 1.33. The van der Waals surface area contributed by atoms with Crippen LogP contribution in [0.25, 0.3) is 0 Å². The SMILES string of the molecule is CN(C)C(=O)Oc1cccc2c1CCC1C2CCN1CCCCCN.Cl.Cl. The van der Waals surface area contributed by atoms with Crippen molar-refractivity contribution in [1.82, 2.24) is 9.80 Å². The highest BCUT2D eigenvalue weighted by Crippen LogP contribution is 2.44. The van der Waals surface area contributed by atoms with Gasteiger partial charge in [0.1, 0.15) is 5.75 Å². The number of unbranched alkanes of at least 4 members (excludes halogenated alkanes) is 2. The molecule has 0 spiro atoms. The van der Waals surface area contributed by atoms with Gasteiger partial charge in [-0.1, -0.05) is 18.6 Å². The molecule has 1 aromatic rings. The maximum absolute atomic E-state index is 11.9. The molecule has 0 saturated carbocycles. The molecule has 5 nitrogen and oxygen atoms in total. The molecule has 2 atom stereocenters. The van der Waals surface area contributed by atoms with Crippen LogP contribution in [0, 0.1) is 0 Å². The van der Waals surface area contributed by atoms with Crippen molar-refractivity contribution in [3.63, 3.8) is 0 Å². The fourth-order valence-electron chi connectivity index (χ4n) is 4.35. The van der Waals surface area contributed by atoms with Gasteiger partial charge in [-0.2, -0.15) is 0 Å². The number of amides is 1. The monoisotopic (exact) mass is 417 g/mol. The first-order chi connectivity index (χ1) is 12.1. The van der Waals surface area contributed by atoms with Crippen molar-refractivity contribution in [2.24, 2.45) is 5.73 Å². The molecule has 1 saturated heterocycles. The normalized spacial score (nSPS) is 20.7. The fourth-order valence-corrected chi connectivity index (χ4v) is 4.35. The number of benzene rings is 1. The van der Waals surface area contributed by atoms with Crippen LogP contribution in [0.1, 0.15) is 49.1 Å². The molecule has 2 N–H and O–H groups in total. The van der Waals surface area contributed by atoms with Gasteiger partial charge >= 0.3 is 6.09 Å². The molecule has 0 bridgehead atoms. The van der Waals surface area contributed by atoms with Crippen molar-refractivity contribution in [3.8, 4) is 5.75 Å². The number of fused-ring (bicyclic) bond motifs is 3. The number of ether oxygens (including phenoxy) is 1. The zero-order valence-corrected chi connectivity index (χ0v) is 18.0. The Kier molecular flexibility index (Phi) is 9.88. The summed E-state index contributed by atoms with van der Waals surface area (Å²) in [6.07, 6.45) is 6.66. The summed E-state index contributed by atoms with van der Waals surface area (Å²) in [5, 5.41) is 0. The average Bonchev–Trinajstić information content (AvgIpc) is 3.02. The number of halogens is 2. The highest BCUT2D eigenvalue weighted by Gasteiger charge is 2.39. The predicted octanol–water partition coefficient (Wildman–Crippen LogP) is 3.82. The van der Waals surface area contributed by atoms with Crippen LogP contribution in [0.3, 0.4) is 0 Å². The van der Waals surface area contributed by atoms with Gasteiger partial charge in [-0.25, -0.2) is 4.79 Å². The lowest BCUT2D eigenvalue weighted by atomic mass is 9.79. The molecule has 1 aliphatic carbocycles. The first kappa shape index (κ1) is 24.0. The Balaban J connectivity index is 0.00000182. The highest BCUT2D eigenvalue weighted by atomic mass is 35.5. The first-order valence-electron chi connectivity index (χ1n) is 9.57. The van der Waals surface area contributed by atoms with E-state index in [0.29, 0.717) is 12.0 Å². The van der Waals surface area contributed by atoms with E-state index in [-0.39, 0.29) is 30.9 Å². The van der Waals surface area contributed by atoms with E-state index in [1.807, 2.05) is 12.1 Å². The third kappa shape index (κ3) is 5.50. The van der Waals surface area contributed by atoms with Crippen molar-refractivity contribution in [2.45, 2.75) is 50.5 Å². The lowest BCUT2D eigenvalue weighted by Crippen LogP contribution is -2.36. The van der Waals surface area contributed by atoms with Crippen LogP contribution in [0.4, 0.5) is 4.79 Å². The second kappa shape index (κ2) is 11.1. The maximum atomic E-state index is 11.9. The Morgan fingerprint density at radius 3 is 2.70 bits per heavy atom. The molecule has 27 heavy (non-hydrogen) atoms. The second-order valence-electron chi connectivity index (χ2n) is 7.47. The molecule has 1 fully saturated rings. The molecule has 2 aliphatic rings. The van der Waals surface area contributed by atoms with Crippen LogP contribution in [0.2, 0.25) is 0 Å². The number of hydrogen-bond acceptors (Lipinski definition) is 4. The minimum atomic E-state index is -0.302. The average molecular weight is 418 g/mol. The van der Waals surface area contributed by atoms with Crippen molar-refractivity contribution < 1.29 is 9.53 Å². The van der Waals surface area contributed by atoms with Crippen LogP contribution in [0.15, 0.2) is 18.2 Å². The van der Waals surface area contributed by atoms with E-state index in [4.69, 9.17) is 10.5 Å². The summed E-state index contributed by atoms with van der Waals surface area (Å²) < 4.78 is 5.60. The largest absolute Gasteiger partial charge is 0.414 e. The lowest BCUT2D eigenvalue weighted by Gasteiger charge is -2.34. The van der Waals surface area contributed by atoms with Crippen LogP contribution in [-0.4, -0.2) is 55.7 Å². The van der Waals surface area contributed by atoms with Crippen molar-refractivity contribution >= 4 is 30.9 Å². The minimum absolute atomic E-state index is 0. The highest BCUT2D eigenvalue weighted by molar-refractivity contribution is 5.85. The summed E-state index contributed by atoms with van der Waals surface area (Å²) in [7, 11) is 3.43. The summed E-state index contributed by atoms with van der Waals surface area (Å²) in [5.41, 5.74) is 8.23. The molecule has 154 valence electrons. The summed E-state index contributed by atoms with van der Waals surface area (Å²) in [6.45, 7) is 3.17. The Hall–Kier alpha value is -1.01. The van der Waals surface area contributed by atoms with Gasteiger partial charge in [0.05, 0.1) is 0 Å². The van der Waals surface area contributed by atoms with E-state index >= 15 is 0 Å². The zero-order chi connectivity index (χ0) is 17.8. The van der Waals surface area contributed by atoms with E-state index in [2.05, 4.69) is 11.0 Å². The van der Waals surface area contributed by atoms with E-state index in [9.17, 15) is 4.79 Å². The first-order valence-corrected chi connectivity index (χ1v) is 9.57. The molecule has 7 heteroatoms. The van der Waals surface area contributed by atoms with Crippen LogP contribution < -0.4 is 10.5 Å². The minimum Gasteiger partial charge on any atom is -0.410 e. The molecule has 0 aromatic heterocycles. The van der Waals surface area contributed by atoms with Crippen LogP contribution in [0.5, 0.6) is 5.75 Å². The molecule has 2 unspecified atom stereocenters. The molecular formula is C20H33Cl2N3O2. The third-order valence-corrected chi connectivity index (χ3v) is 5.63. The Morgan fingerprint density at radius 1 is 1.22 bits per heavy atom.